The van der Waals surface area contributed by atoms with Gasteiger partial charge >= 0.3 is 0 Å². The van der Waals surface area contributed by atoms with Crippen molar-refractivity contribution >= 4 is 28.2 Å². The van der Waals surface area contributed by atoms with Crippen LogP contribution in [0, 0.1) is 13.8 Å². The molecular weight excluding hydrogens is 402 g/mol. The first-order valence-electron chi connectivity index (χ1n) is 11.2. The molecule has 1 atom stereocenters. The average Bonchev–Trinajstić information content (AvgIpc) is 3.27. The van der Waals surface area contributed by atoms with Gasteiger partial charge in [-0.2, -0.15) is 0 Å². The molecule has 0 bridgehead atoms. The van der Waals surface area contributed by atoms with Crippen LogP contribution in [0.3, 0.4) is 0 Å². The number of aryl methyl sites for hydroxylation is 2. The summed E-state index contributed by atoms with van der Waals surface area (Å²) in [5.74, 6) is 0. The number of fused-ring (bicyclic) bond motifs is 1. The molecule has 0 amide bonds. The Bertz CT molecular complexity index is 1130. The van der Waals surface area contributed by atoms with Gasteiger partial charge in [0.2, 0.25) is 0 Å². The van der Waals surface area contributed by atoms with Crippen molar-refractivity contribution < 1.29 is 0 Å². The van der Waals surface area contributed by atoms with Gasteiger partial charge in [-0.1, -0.05) is 54.8 Å². The Morgan fingerprint density at radius 1 is 1.16 bits per heavy atom. The number of hydrogen-bond donors (Lipinski definition) is 2. The molecular formula is C26H31N3OS. The summed E-state index contributed by atoms with van der Waals surface area (Å²) in [5.41, 5.74) is 5.16. The Hall–Kier alpha value is -2.66. The smallest absolute Gasteiger partial charge is 0.253 e. The molecule has 5 heteroatoms. The van der Waals surface area contributed by atoms with Crippen molar-refractivity contribution in [3.63, 3.8) is 0 Å². The summed E-state index contributed by atoms with van der Waals surface area (Å²) in [6.07, 6.45) is 4.66. The zero-order valence-electron chi connectivity index (χ0n) is 18.6. The van der Waals surface area contributed by atoms with Gasteiger partial charge in [0.05, 0.1) is 18.1 Å². The van der Waals surface area contributed by atoms with E-state index in [0.717, 1.165) is 40.0 Å². The fourth-order valence-electron chi connectivity index (χ4n) is 4.71. The lowest BCUT2D eigenvalue weighted by atomic mass is 10.0. The quantitative estimate of drug-likeness (QED) is 0.520. The number of pyridine rings is 1. The number of H-pyrrole nitrogens is 1. The maximum Gasteiger partial charge on any atom is 0.253 e. The first kappa shape index (κ1) is 21.6. The molecule has 4 rings (SSSR count). The Morgan fingerprint density at radius 3 is 2.58 bits per heavy atom. The van der Waals surface area contributed by atoms with E-state index in [-0.39, 0.29) is 11.6 Å². The number of thiocarbonyl (C=S) groups is 1. The first-order chi connectivity index (χ1) is 14.9. The highest BCUT2D eigenvalue weighted by molar-refractivity contribution is 7.80. The van der Waals surface area contributed by atoms with E-state index in [4.69, 9.17) is 12.2 Å². The predicted molar refractivity (Wildman–Crippen MR) is 132 cm³/mol. The zero-order valence-corrected chi connectivity index (χ0v) is 19.4. The Kier molecular flexibility index (Phi) is 6.42. The minimum absolute atomic E-state index is 0.0265. The summed E-state index contributed by atoms with van der Waals surface area (Å²) >= 11 is 5.87. The van der Waals surface area contributed by atoms with Crippen molar-refractivity contribution in [2.75, 3.05) is 0 Å². The molecule has 1 aliphatic rings. The highest BCUT2D eigenvalue weighted by Crippen LogP contribution is 2.26. The van der Waals surface area contributed by atoms with Crippen LogP contribution in [-0.4, -0.2) is 21.0 Å². The van der Waals surface area contributed by atoms with E-state index in [0.29, 0.717) is 12.6 Å². The molecule has 31 heavy (non-hydrogen) atoms. The molecule has 1 heterocycles. The van der Waals surface area contributed by atoms with Crippen molar-refractivity contribution in [1.82, 2.24) is 15.2 Å². The molecule has 1 saturated carbocycles. The second-order valence-corrected chi connectivity index (χ2v) is 9.20. The number of nitrogens with zero attached hydrogens (tertiary/aromatic N) is 1. The summed E-state index contributed by atoms with van der Waals surface area (Å²) in [7, 11) is 0. The molecule has 0 aliphatic heterocycles. The largest absolute Gasteiger partial charge is 0.356 e. The Balaban J connectivity index is 1.62. The summed E-state index contributed by atoms with van der Waals surface area (Å²) < 4.78 is 0. The van der Waals surface area contributed by atoms with E-state index >= 15 is 0 Å². The van der Waals surface area contributed by atoms with Crippen LogP contribution < -0.4 is 10.9 Å². The summed E-state index contributed by atoms with van der Waals surface area (Å²) in [4.78, 5) is 18.3. The van der Waals surface area contributed by atoms with Gasteiger partial charge in [-0.05, 0) is 74.5 Å². The number of rotatable bonds is 5. The van der Waals surface area contributed by atoms with E-state index in [1.54, 1.807) is 0 Å². The average molecular weight is 434 g/mol. The van der Waals surface area contributed by atoms with Gasteiger partial charge in [-0.25, -0.2) is 0 Å². The molecule has 2 N–H and O–H groups in total. The van der Waals surface area contributed by atoms with E-state index in [1.165, 1.54) is 24.0 Å². The summed E-state index contributed by atoms with van der Waals surface area (Å²) in [6, 6.07) is 17.1. The third-order valence-corrected chi connectivity index (χ3v) is 6.73. The fourth-order valence-corrected chi connectivity index (χ4v) is 5.10. The lowest BCUT2D eigenvalue weighted by Crippen LogP contribution is -2.46. The van der Waals surface area contributed by atoms with Crippen LogP contribution >= 0.6 is 12.2 Å². The molecule has 0 unspecified atom stereocenters. The first-order valence-corrected chi connectivity index (χ1v) is 11.6. The Labute approximate surface area is 189 Å². The van der Waals surface area contributed by atoms with Crippen LogP contribution in [0.1, 0.15) is 60.9 Å². The monoisotopic (exact) mass is 433 g/mol. The van der Waals surface area contributed by atoms with Gasteiger partial charge < -0.3 is 15.2 Å². The van der Waals surface area contributed by atoms with Crippen molar-refractivity contribution in [3.8, 4) is 0 Å². The molecule has 4 nitrogen and oxygen atoms in total. The molecule has 2 aromatic carbocycles. The van der Waals surface area contributed by atoms with Crippen LogP contribution in [0.2, 0.25) is 0 Å². The van der Waals surface area contributed by atoms with Crippen molar-refractivity contribution in [2.45, 2.75) is 65.1 Å². The van der Waals surface area contributed by atoms with Crippen LogP contribution in [0.4, 0.5) is 0 Å². The number of nitrogens with one attached hydrogen (secondary N) is 2. The molecule has 0 saturated heterocycles. The topological polar surface area (TPSA) is 48.1 Å². The van der Waals surface area contributed by atoms with E-state index < -0.39 is 0 Å². The third-order valence-electron chi connectivity index (χ3n) is 6.38. The maximum absolute atomic E-state index is 12.9. The highest BCUT2D eigenvalue weighted by Gasteiger charge is 2.26. The minimum Gasteiger partial charge on any atom is -0.356 e. The summed E-state index contributed by atoms with van der Waals surface area (Å²) in [5, 5.41) is 5.32. The lowest BCUT2D eigenvalue weighted by Gasteiger charge is -2.33. The van der Waals surface area contributed by atoms with Gasteiger partial charge in [0.1, 0.15) is 0 Å². The molecule has 162 valence electrons. The van der Waals surface area contributed by atoms with Crippen LogP contribution in [-0.2, 0) is 6.54 Å². The fraction of sp³-hybridized carbons (Fsp3) is 0.385. The van der Waals surface area contributed by atoms with Gasteiger partial charge in [0, 0.05) is 11.6 Å². The van der Waals surface area contributed by atoms with Gasteiger partial charge in [0.15, 0.2) is 5.11 Å². The van der Waals surface area contributed by atoms with Crippen LogP contribution in [0.5, 0.6) is 0 Å². The van der Waals surface area contributed by atoms with E-state index in [9.17, 15) is 4.79 Å². The zero-order chi connectivity index (χ0) is 22.0. The standard InChI is InChI=1S/C26H31N3OS/c1-17-13-18(2)24-21(14-17)15-22(25(30)28-24)16-29(23-11-7-8-12-23)26(31)27-19(3)20-9-5-4-6-10-20/h4-6,9-10,13-15,19,23H,7-8,11-12,16H2,1-3H3,(H,27,31)(H,28,30)/t19-/m0/s1. The Morgan fingerprint density at radius 2 is 1.87 bits per heavy atom. The second kappa shape index (κ2) is 9.23. The predicted octanol–water partition coefficient (Wildman–Crippen LogP) is 5.53. The number of aromatic amines is 1. The van der Waals surface area contributed by atoms with E-state index in [1.807, 2.05) is 31.2 Å². The van der Waals surface area contributed by atoms with E-state index in [2.05, 4.69) is 53.3 Å². The van der Waals surface area contributed by atoms with Gasteiger partial charge in [0.25, 0.3) is 5.56 Å². The molecule has 3 aromatic rings. The minimum atomic E-state index is -0.0265. The molecule has 1 aliphatic carbocycles. The highest BCUT2D eigenvalue weighted by atomic mass is 32.1. The maximum atomic E-state index is 12.9. The number of hydrogen-bond acceptors (Lipinski definition) is 2. The summed E-state index contributed by atoms with van der Waals surface area (Å²) in [6.45, 7) is 6.78. The SMILES string of the molecule is Cc1cc(C)c2[nH]c(=O)c(CN(C(=S)N[C@@H](C)c3ccccc3)C3CCCC3)cc2c1. The third kappa shape index (κ3) is 4.82. The molecule has 0 spiro atoms. The van der Waals surface area contributed by atoms with Crippen molar-refractivity contribution in [2.24, 2.45) is 0 Å². The van der Waals surface area contributed by atoms with Crippen LogP contribution in [0.15, 0.2) is 53.3 Å². The van der Waals surface area contributed by atoms with Gasteiger partial charge in [-0.3, -0.25) is 4.79 Å². The molecule has 1 aromatic heterocycles. The number of aromatic nitrogens is 1. The van der Waals surface area contributed by atoms with Crippen LogP contribution in [0.25, 0.3) is 10.9 Å². The lowest BCUT2D eigenvalue weighted by molar-refractivity contribution is 0.300. The van der Waals surface area contributed by atoms with Crippen molar-refractivity contribution in [3.05, 3.63) is 81.1 Å². The van der Waals surface area contributed by atoms with Crippen molar-refractivity contribution in [1.29, 1.82) is 0 Å². The molecule has 0 radical (unpaired) electrons. The van der Waals surface area contributed by atoms with Gasteiger partial charge in [-0.15, -0.1) is 0 Å². The second-order valence-electron chi connectivity index (χ2n) is 8.82. The normalized spacial score (nSPS) is 15.2. The molecule has 1 fully saturated rings. The number of benzene rings is 2.